The van der Waals surface area contributed by atoms with E-state index in [-0.39, 0.29) is 11.8 Å². The van der Waals surface area contributed by atoms with E-state index in [4.69, 9.17) is 0 Å². The van der Waals surface area contributed by atoms with Gasteiger partial charge in [0.1, 0.15) is 5.70 Å². The predicted octanol–water partition coefficient (Wildman–Crippen LogP) is 6.66. The summed E-state index contributed by atoms with van der Waals surface area (Å²) in [6.45, 7) is 10.3. The van der Waals surface area contributed by atoms with Gasteiger partial charge in [0, 0.05) is 5.69 Å². The third-order valence-electron chi connectivity index (χ3n) is 6.67. The highest BCUT2D eigenvalue weighted by molar-refractivity contribution is 6.46. The molecule has 0 spiro atoms. The number of imide groups is 1. The molecule has 34 heavy (non-hydrogen) atoms. The molecular formula is C30H32N2O2. The van der Waals surface area contributed by atoms with Crippen LogP contribution in [-0.4, -0.2) is 11.8 Å². The van der Waals surface area contributed by atoms with Gasteiger partial charge in [-0.25, -0.2) is 4.90 Å². The zero-order chi connectivity index (χ0) is 24.4. The van der Waals surface area contributed by atoms with Crippen LogP contribution >= 0.6 is 0 Å². The second kappa shape index (κ2) is 9.68. The Morgan fingerprint density at radius 1 is 0.735 bits per heavy atom. The molecule has 1 aliphatic rings. The smallest absolute Gasteiger partial charge is 0.282 e. The number of nitrogens with one attached hydrogen (secondary N) is 1. The zero-order valence-corrected chi connectivity index (χ0v) is 20.7. The molecule has 3 aromatic rings. The SMILES string of the molecule is CCCCc1ccc(N2C(=O)C(Nc3ccc(C)c(C)c3)=C(c3ccc(C)c(C)c3)C2=O)cc1. The average Bonchev–Trinajstić information content (AvgIpc) is 3.06. The molecule has 0 saturated heterocycles. The Hall–Kier alpha value is -3.66. The van der Waals surface area contributed by atoms with E-state index in [2.05, 4.69) is 19.2 Å². The number of aryl methyl sites for hydroxylation is 5. The Labute approximate surface area is 202 Å². The summed E-state index contributed by atoms with van der Waals surface area (Å²) in [7, 11) is 0. The summed E-state index contributed by atoms with van der Waals surface area (Å²) in [4.78, 5) is 28.6. The van der Waals surface area contributed by atoms with Gasteiger partial charge in [-0.2, -0.15) is 0 Å². The standard InChI is InChI=1S/C30H32N2O2/c1-6-7-8-23-11-15-26(16-12-23)32-29(33)27(24-13-9-19(2)21(4)17-24)28(30(32)34)31-25-14-10-20(3)22(5)18-25/h9-18,31H,6-8H2,1-5H3. The van der Waals surface area contributed by atoms with Crippen LogP contribution in [0.2, 0.25) is 0 Å². The molecule has 1 N–H and O–H groups in total. The van der Waals surface area contributed by atoms with Crippen molar-refractivity contribution in [1.82, 2.24) is 0 Å². The van der Waals surface area contributed by atoms with Crippen molar-refractivity contribution in [2.75, 3.05) is 10.2 Å². The molecule has 4 heteroatoms. The molecule has 0 fully saturated rings. The number of benzene rings is 3. The molecule has 2 amide bonds. The Balaban J connectivity index is 1.76. The summed E-state index contributed by atoms with van der Waals surface area (Å²) >= 11 is 0. The third kappa shape index (κ3) is 4.54. The third-order valence-corrected chi connectivity index (χ3v) is 6.67. The molecule has 0 unspecified atom stereocenters. The van der Waals surface area contributed by atoms with Gasteiger partial charge in [0.05, 0.1) is 11.3 Å². The highest BCUT2D eigenvalue weighted by Crippen LogP contribution is 2.35. The van der Waals surface area contributed by atoms with Gasteiger partial charge in [-0.15, -0.1) is 0 Å². The first kappa shape index (κ1) is 23.5. The molecule has 4 rings (SSSR count). The van der Waals surface area contributed by atoms with Gasteiger partial charge < -0.3 is 5.32 Å². The number of anilines is 2. The van der Waals surface area contributed by atoms with Crippen molar-refractivity contribution < 1.29 is 9.59 Å². The minimum atomic E-state index is -0.335. The van der Waals surface area contributed by atoms with Crippen LogP contribution in [0.5, 0.6) is 0 Å². The molecule has 0 aromatic heterocycles. The summed E-state index contributed by atoms with van der Waals surface area (Å²) in [5.74, 6) is -0.640. The first-order chi connectivity index (χ1) is 16.3. The van der Waals surface area contributed by atoms with Crippen molar-refractivity contribution in [3.05, 3.63) is 99.7 Å². The van der Waals surface area contributed by atoms with Crippen molar-refractivity contribution >= 4 is 28.8 Å². The van der Waals surface area contributed by atoms with E-state index < -0.39 is 0 Å². The Morgan fingerprint density at radius 2 is 1.38 bits per heavy atom. The number of carbonyl (C=O) groups excluding carboxylic acids is 2. The first-order valence-electron chi connectivity index (χ1n) is 11.9. The van der Waals surface area contributed by atoms with Crippen molar-refractivity contribution in [3.8, 4) is 0 Å². The van der Waals surface area contributed by atoms with E-state index in [0.717, 1.165) is 47.2 Å². The Kier molecular flexibility index (Phi) is 6.69. The topological polar surface area (TPSA) is 49.4 Å². The maximum atomic E-state index is 13.7. The number of rotatable bonds is 7. The number of nitrogens with zero attached hydrogens (tertiary/aromatic N) is 1. The van der Waals surface area contributed by atoms with Gasteiger partial charge in [-0.05, 0) is 98.2 Å². The highest BCUT2D eigenvalue weighted by Gasteiger charge is 2.40. The van der Waals surface area contributed by atoms with Crippen LogP contribution < -0.4 is 10.2 Å². The molecular weight excluding hydrogens is 420 g/mol. The number of hydrogen-bond donors (Lipinski definition) is 1. The first-order valence-corrected chi connectivity index (χ1v) is 11.9. The lowest BCUT2D eigenvalue weighted by atomic mass is 9.99. The Morgan fingerprint density at radius 3 is 2.00 bits per heavy atom. The zero-order valence-electron chi connectivity index (χ0n) is 20.7. The lowest BCUT2D eigenvalue weighted by molar-refractivity contribution is -0.120. The molecule has 1 aliphatic heterocycles. The summed E-state index contributed by atoms with van der Waals surface area (Å²) in [5, 5.41) is 3.28. The predicted molar refractivity (Wildman–Crippen MR) is 140 cm³/mol. The minimum absolute atomic E-state index is 0.305. The molecule has 174 valence electrons. The number of unbranched alkanes of at least 4 members (excludes halogenated alkanes) is 1. The van der Waals surface area contributed by atoms with E-state index in [0.29, 0.717) is 17.0 Å². The lowest BCUT2D eigenvalue weighted by Gasteiger charge is -2.16. The lowest BCUT2D eigenvalue weighted by Crippen LogP contribution is -2.32. The van der Waals surface area contributed by atoms with Gasteiger partial charge in [-0.3, -0.25) is 9.59 Å². The normalized spacial score (nSPS) is 13.7. The van der Waals surface area contributed by atoms with Crippen molar-refractivity contribution in [2.24, 2.45) is 0 Å². The van der Waals surface area contributed by atoms with Crippen molar-refractivity contribution in [1.29, 1.82) is 0 Å². The number of carbonyl (C=O) groups is 2. The fraction of sp³-hybridized carbons (Fsp3) is 0.267. The van der Waals surface area contributed by atoms with Crippen LogP contribution in [0.15, 0.2) is 66.4 Å². The minimum Gasteiger partial charge on any atom is -0.350 e. The second-order valence-corrected chi connectivity index (χ2v) is 9.19. The van der Waals surface area contributed by atoms with Crippen LogP contribution in [0.25, 0.3) is 5.57 Å². The van der Waals surface area contributed by atoms with E-state index in [1.54, 1.807) is 0 Å². The molecule has 0 radical (unpaired) electrons. The number of amides is 2. The van der Waals surface area contributed by atoms with E-state index in [1.807, 2.05) is 81.4 Å². The molecule has 0 bridgehead atoms. The van der Waals surface area contributed by atoms with Gasteiger partial charge in [0.25, 0.3) is 11.8 Å². The van der Waals surface area contributed by atoms with E-state index in [1.165, 1.54) is 16.0 Å². The fourth-order valence-electron chi connectivity index (χ4n) is 4.20. The summed E-state index contributed by atoms with van der Waals surface area (Å²) in [5.41, 5.74) is 8.56. The largest absolute Gasteiger partial charge is 0.350 e. The molecule has 0 atom stereocenters. The van der Waals surface area contributed by atoms with E-state index >= 15 is 0 Å². The van der Waals surface area contributed by atoms with Crippen molar-refractivity contribution in [3.63, 3.8) is 0 Å². The fourth-order valence-corrected chi connectivity index (χ4v) is 4.20. The monoisotopic (exact) mass is 452 g/mol. The van der Waals surface area contributed by atoms with Gasteiger partial charge in [-0.1, -0.05) is 49.7 Å². The highest BCUT2D eigenvalue weighted by atomic mass is 16.2. The van der Waals surface area contributed by atoms with Crippen LogP contribution in [0.1, 0.15) is 53.1 Å². The Bertz CT molecular complexity index is 1290. The van der Waals surface area contributed by atoms with Crippen LogP contribution in [-0.2, 0) is 16.0 Å². The molecule has 0 saturated carbocycles. The van der Waals surface area contributed by atoms with Crippen LogP contribution in [0.3, 0.4) is 0 Å². The molecule has 3 aromatic carbocycles. The van der Waals surface area contributed by atoms with Crippen LogP contribution in [0, 0.1) is 27.7 Å². The van der Waals surface area contributed by atoms with Gasteiger partial charge in [0.2, 0.25) is 0 Å². The number of hydrogen-bond acceptors (Lipinski definition) is 3. The summed E-state index contributed by atoms with van der Waals surface area (Å²) in [6.07, 6.45) is 3.23. The van der Waals surface area contributed by atoms with Crippen molar-refractivity contribution in [2.45, 2.75) is 53.9 Å². The molecule has 1 heterocycles. The summed E-state index contributed by atoms with van der Waals surface area (Å²) in [6, 6.07) is 19.6. The average molecular weight is 453 g/mol. The van der Waals surface area contributed by atoms with Gasteiger partial charge >= 0.3 is 0 Å². The quantitative estimate of drug-likeness (QED) is 0.408. The summed E-state index contributed by atoms with van der Waals surface area (Å²) < 4.78 is 0. The maximum Gasteiger partial charge on any atom is 0.282 e. The van der Waals surface area contributed by atoms with Gasteiger partial charge in [0.15, 0.2) is 0 Å². The molecule has 4 nitrogen and oxygen atoms in total. The van der Waals surface area contributed by atoms with Crippen LogP contribution in [0.4, 0.5) is 11.4 Å². The maximum absolute atomic E-state index is 13.7. The second-order valence-electron chi connectivity index (χ2n) is 9.19. The molecule has 0 aliphatic carbocycles. The van der Waals surface area contributed by atoms with E-state index in [9.17, 15) is 9.59 Å².